The lowest BCUT2D eigenvalue weighted by atomic mass is 9.53. The molecule has 1 saturated carbocycles. The Kier molecular flexibility index (Phi) is 4.84. The Morgan fingerprint density at radius 1 is 0.667 bits per heavy atom. The zero-order valence-corrected chi connectivity index (χ0v) is 16.9. The van der Waals surface area contributed by atoms with Crippen LogP contribution in [-0.2, 0) is 4.79 Å². The highest BCUT2D eigenvalue weighted by atomic mass is 16.5. The van der Waals surface area contributed by atoms with Crippen LogP contribution in [0.25, 0.3) is 10.8 Å². The second kappa shape index (κ2) is 7.79. The molecule has 30 heavy (non-hydrogen) atoms. The SMILES string of the molecule is C[C@H]1[C@H](c2ccccc2)[C@H](C(=O)Oc2ccc3ccccc3c2)[C@H]1c1ccccc1. The van der Waals surface area contributed by atoms with Crippen molar-refractivity contribution in [3.63, 3.8) is 0 Å². The fourth-order valence-corrected chi connectivity index (χ4v) is 5.04. The van der Waals surface area contributed by atoms with Crippen LogP contribution in [0.15, 0.2) is 103 Å². The predicted molar refractivity (Wildman–Crippen MR) is 121 cm³/mol. The summed E-state index contributed by atoms with van der Waals surface area (Å²) in [5, 5.41) is 2.21. The average Bonchev–Trinajstić information content (AvgIpc) is 2.78. The molecule has 0 bridgehead atoms. The van der Waals surface area contributed by atoms with Gasteiger partial charge in [-0.3, -0.25) is 4.79 Å². The maximum atomic E-state index is 13.4. The largest absolute Gasteiger partial charge is 0.426 e. The Balaban J connectivity index is 1.47. The standard InChI is InChI=1S/C28H24O2/c1-19-25(21-11-4-2-5-12-21)27(26(19)22-13-6-3-7-14-22)28(29)30-24-17-16-20-10-8-9-15-23(20)18-24/h2-19,25-27H,1H3/t19-,25-,26-,27-/m1/s1. The Hall–Kier alpha value is -3.39. The lowest BCUT2D eigenvalue weighted by Crippen LogP contribution is -2.47. The van der Waals surface area contributed by atoms with Crippen molar-refractivity contribution in [3.05, 3.63) is 114 Å². The van der Waals surface area contributed by atoms with Gasteiger partial charge in [0.15, 0.2) is 0 Å². The molecule has 0 radical (unpaired) electrons. The molecule has 5 rings (SSSR count). The molecule has 2 nitrogen and oxygen atoms in total. The van der Waals surface area contributed by atoms with Crippen LogP contribution in [0.5, 0.6) is 5.75 Å². The first-order valence-electron chi connectivity index (χ1n) is 10.5. The minimum Gasteiger partial charge on any atom is -0.426 e. The molecule has 0 saturated heterocycles. The Morgan fingerprint density at radius 2 is 1.20 bits per heavy atom. The molecule has 0 N–H and O–H groups in total. The number of fused-ring (bicyclic) bond motifs is 1. The van der Waals surface area contributed by atoms with E-state index in [9.17, 15) is 4.79 Å². The minimum atomic E-state index is -0.198. The first-order valence-corrected chi connectivity index (χ1v) is 10.5. The van der Waals surface area contributed by atoms with E-state index in [0.29, 0.717) is 11.7 Å². The van der Waals surface area contributed by atoms with Crippen molar-refractivity contribution in [2.75, 3.05) is 0 Å². The highest BCUT2D eigenvalue weighted by Crippen LogP contribution is 2.57. The normalized spacial score (nSPS) is 23.0. The number of carbonyl (C=O) groups is 1. The number of benzene rings is 4. The third-order valence-corrected chi connectivity index (χ3v) is 6.49. The van der Waals surface area contributed by atoms with Gasteiger partial charge < -0.3 is 4.74 Å². The van der Waals surface area contributed by atoms with E-state index < -0.39 is 0 Å². The molecule has 1 aliphatic rings. The quantitative estimate of drug-likeness (QED) is 0.290. The lowest BCUT2D eigenvalue weighted by Gasteiger charge is -2.49. The van der Waals surface area contributed by atoms with E-state index in [-0.39, 0.29) is 23.7 Å². The van der Waals surface area contributed by atoms with Crippen LogP contribution in [0.3, 0.4) is 0 Å². The molecule has 148 valence electrons. The Labute approximate surface area is 177 Å². The molecule has 4 aromatic rings. The third kappa shape index (κ3) is 3.29. The maximum Gasteiger partial charge on any atom is 0.315 e. The number of hydrogen-bond donors (Lipinski definition) is 0. The zero-order chi connectivity index (χ0) is 20.5. The van der Waals surface area contributed by atoms with E-state index in [0.717, 1.165) is 10.8 Å². The fourth-order valence-electron chi connectivity index (χ4n) is 5.04. The summed E-state index contributed by atoms with van der Waals surface area (Å²) >= 11 is 0. The van der Waals surface area contributed by atoms with Crippen LogP contribution in [-0.4, -0.2) is 5.97 Å². The van der Waals surface area contributed by atoms with Crippen LogP contribution in [0.1, 0.15) is 29.9 Å². The van der Waals surface area contributed by atoms with Crippen molar-refractivity contribution in [1.29, 1.82) is 0 Å². The van der Waals surface area contributed by atoms with Gasteiger partial charge in [0.25, 0.3) is 0 Å². The highest BCUT2D eigenvalue weighted by molar-refractivity contribution is 5.85. The number of ether oxygens (including phenoxy) is 1. The monoisotopic (exact) mass is 392 g/mol. The molecule has 4 aromatic carbocycles. The van der Waals surface area contributed by atoms with Crippen LogP contribution in [0.4, 0.5) is 0 Å². The summed E-state index contributed by atoms with van der Waals surface area (Å²) in [7, 11) is 0. The minimum absolute atomic E-state index is 0.147. The highest BCUT2D eigenvalue weighted by Gasteiger charge is 2.53. The smallest absolute Gasteiger partial charge is 0.315 e. The molecule has 0 aliphatic heterocycles. The Morgan fingerprint density at radius 3 is 1.80 bits per heavy atom. The number of hydrogen-bond acceptors (Lipinski definition) is 2. The van der Waals surface area contributed by atoms with Gasteiger partial charge in [0.05, 0.1) is 5.92 Å². The second-order valence-corrected chi connectivity index (χ2v) is 8.19. The van der Waals surface area contributed by atoms with E-state index >= 15 is 0 Å². The van der Waals surface area contributed by atoms with E-state index in [1.54, 1.807) is 0 Å². The molecule has 0 amide bonds. The van der Waals surface area contributed by atoms with Gasteiger partial charge in [-0.2, -0.15) is 0 Å². The average molecular weight is 392 g/mol. The van der Waals surface area contributed by atoms with Crippen molar-refractivity contribution >= 4 is 16.7 Å². The summed E-state index contributed by atoms with van der Waals surface area (Å²) < 4.78 is 5.94. The van der Waals surface area contributed by atoms with Crippen LogP contribution < -0.4 is 4.74 Å². The molecule has 2 heteroatoms. The topological polar surface area (TPSA) is 26.3 Å². The maximum absolute atomic E-state index is 13.4. The van der Waals surface area contributed by atoms with Crippen molar-refractivity contribution in [1.82, 2.24) is 0 Å². The van der Waals surface area contributed by atoms with Crippen LogP contribution in [0.2, 0.25) is 0 Å². The molecule has 0 heterocycles. The number of carbonyl (C=O) groups excluding carboxylic acids is 1. The first kappa shape index (κ1) is 18.6. The van der Waals surface area contributed by atoms with Crippen molar-refractivity contribution in [2.24, 2.45) is 11.8 Å². The summed E-state index contributed by atoms with van der Waals surface area (Å²) in [4.78, 5) is 13.4. The number of rotatable bonds is 4. The van der Waals surface area contributed by atoms with Gasteiger partial charge in [0, 0.05) is 11.8 Å². The summed E-state index contributed by atoms with van der Waals surface area (Å²) in [6.45, 7) is 2.25. The summed E-state index contributed by atoms with van der Waals surface area (Å²) in [6.07, 6.45) is 0. The summed E-state index contributed by atoms with van der Waals surface area (Å²) in [5.41, 5.74) is 2.41. The molecular weight excluding hydrogens is 368 g/mol. The molecule has 0 aromatic heterocycles. The van der Waals surface area contributed by atoms with Gasteiger partial charge in [-0.15, -0.1) is 0 Å². The third-order valence-electron chi connectivity index (χ3n) is 6.49. The van der Waals surface area contributed by atoms with Gasteiger partial charge in [0.1, 0.15) is 5.75 Å². The molecule has 1 aliphatic carbocycles. The molecule has 2 atom stereocenters. The van der Waals surface area contributed by atoms with Crippen molar-refractivity contribution in [3.8, 4) is 5.75 Å². The molecular formula is C28H24O2. The van der Waals surface area contributed by atoms with E-state index in [4.69, 9.17) is 4.74 Å². The van der Waals surface area contributed by atoms with Crippen LogP contribution in [0, 0.1) is 11.8 Å². The van der Waals surface area contributed by atoms with Gasteiger partial charge in [-0.05, 0) is 39.9 Å². The van der Waals surface area contributed by atoms with Gasteiger partial charge in [-0.1, -0.05) is 97.9 Å². The van der Waals surface area contributed by atoms with Gasteiger partial charge >= 0.3 is 5.97 Å². The van der Waals surface area contributed by atoms with E-state index in [1.807, 2.05) is 72.8 Å². The van der Waals surface area contributed by atoms with Crippen molar-refractivity contribution < 1.29 is 9.53 Å². The Bertz CT molecular complexity index is 1120. The van der Waals surface area contributed by atoms with Crippen LogP contribution >= 0.6 is 0 Å². The first-order chi connectivity index (χ1) is 14.7. The number of esters is 1. The second-order valence-electron chi connectivity index (χ2n) is 8.19. The summed E-state index contributed by atoms with van der Waals surface area (Å²) in [6, 6.07) is 34.7. The van der Waals surface area contributed by atoms with Gasteiger partial charge in [0.2, 0.25) is 0 Å². The molecule has 1 fully saturated rings. The fraction of sp³-hybridized carbons (Fsp3) is 0.179. The van der Waals surface area contributed by atoms with E-state index in [2.05, 4.69) is 37.3 Å². The molecule has 0 spiro atoms. The van der Waals surface area contributed by atoms with E-state index in [1.165, 1.54) is 11.1 Å². The predicted octanol–water partition coefficient (Wildman–Crippen LogP) is 6.58. The molecule has 0 unspecified atom stereocenters. The summed E-state index contributed by atoms with van der Waals surface area (Å²) in [5.74, 6) is 0.942. The lowest BCUT2D eigenvalue weighted by molar-refractivity contribution is -0.146. The van der Waals surface area contributed by atoms with Gasteiger partial charge in [-0.25, -0.2) is 0 Å². The zero-order valence-electron chi connectivity index (χ0n) is 16.9. The van der Waals surface area contributed by atoms with Crippen molar-refractivity contribution in [2.45, 2.75) is 18.8 Å².